The lowest BCUT2D eigenvalue weighted by atomic mass is 9.79. The first kappa shape index (κ1) is 22.8. The summed E-state index contributed by atoms with van der Waals surface area (Å²) in [7, 11) is 0. The van der Waals surface area contributed by atoms with Crippen LogP contribution >= 0.6 is 0 Å². The molecule has 0 saturated carbocycles. The van der Waals surface area contributed by atoms with Crippen LogP contribution in [0.25, 0.3) is 0 Å². The van der Waals surface area contributed by atoms with Gasteiger partial charge in [-0.1, -0.05) is 36.8 Å². The maximum absolute atomic E-state index is 12.3. The Morgan fingerprint density at radius 2 is 1.87 bits per heavy atom. The smallest absolute Gasteiger partial charge is 0.219 e. The summed E-state index contributed by atoms with van der Waals surface area (Å²) in [6.45, 7) is 9.05. The zero-order chi connectivity index (χ0) is 21.3. The van der Waals surface area contributed by atoms with Crippen LogP contribution in [0.5, 0.6) is 0 Å². The predicted molar refractivity (Wildman–Crippen MR) is 127 cm³/mol. The SMILES string of the molecule is O=C(CCC[C@H]1NC[C@@H]2CC1CN(Cc1ccccc1)C2)NCCCN1CCCCC1. The van der Waals surface area contributed by atoms with Gasteiger partial charge in [0.25, 0.3) is 0 Å². The Morgan fingerprint density at radius 3 is 2.71 bits per heavy atom. The summed E-state index contributed by atoms with van der Waals surface area (Å²) in [5.41, 5.74) is 1.42. The molecule has 0 radical (unpaired) electrons. The van der Waals surface area contributed by atoms with Gasteiger partial charge in [0, 0.05) is 38.6 Å². The quantitative estimate of drug-likeness (QED) is 0.564. The molecule has 5 nitrogen and oxygen atoms in total. The Bertz CT molecular complexity index is 661. The van der Waals surface area contributed by atoms with Crippen LogP contribution in [-0.2, 0) is 11.3 Å². The number of carbonyl (C=O) groups excluding carboxylic acids is 1. The van der Waals surface area contributed by atoms with Crippen molar-refractivity contribution in [3.8, 4) is 0 Å². The number of fused-ring (bicyclic) bond motifs is 2. The van der Waals surface area contributed by atoms with Gasteiger partial charge < -0.3 is 15.5 Å². The number of rotatable bonds is 10. The molecule has 172 valence electrons. The topological polar surface area (TPSA) is 47.6 Å². The van der Waals surface area contributed by atoms with Crippen LogP contribution in [0.1, 0.15) is 56.9 Å². The summed E-state index contributed by atoms with van der Waals surface area (Å²) in [5, 5.41) is 6.95. The lowest BCUT2D eigenvalue weighted by Gasteiger charge is -2.46. The van der Waals surface area contributed by atoms with E-state index in [9.17, 15) is 4.79 Å². The first-order valence-electron chi connectivity index (χ1n) is 12.7. The van der Waals surface area contributed by atoms with E-state index < -0.39 is 0 Å². The van der Waals surface area contributed by atoms with Gasteiger partial charge in [-0.05, 0) is 82.1 Å². The molecule has 3 aliphatic rings. The molecule has 0 spiro atoms. The number of hydrogen-bond donors (Lipinski definition) is 2. The van der Waals surface area contributed by atoms with Gasteiger partial charge in [0.05, 0.1) is 0 Å². The normalized spacial score (nSPS) is 27.2. The van der Waals surface area contributed by atoms with Crippen molar-refractivity contribution in [2.45, 2.75) is 64.0 Å². The number of benzene rings is 1. The first-order chi connectivity index (χ1) is 15.3. The molecule has 3 atom stereocenters. The van der Waals surface area contributed by atoms with E-state index in [0.717, 1.165) is 57.3 Å². The zero-order valence-corrected chi connectivity index (χ0v) is 19.2. The highest BCUT2D eigenvalue weighted by Crippen LogP contribution is 2.31. The number of hydrogen-bond acceptors (Lipinski definition) is 4. The van der Waals surface area contributed by atoms with E-state index in [4.69, 9.17) is 0 Å². The molecule has 3 heterocycles. The van der Waals surface area contributed by atoms with Crippen molar-refractivity contribution in [3.63, 3.8) is 0 Å². The molecule has 3 fully saturated rings. The predicted octanol–water partition coefficient (Wildman–Crippen LogP) is 3.26. The fourth-order valence-corrected chi connectivity index (χ4v) is 5.87. The summed E-state index contributed by atoms with van der Waals surface area (Å²) in [6.07, 6.45) is 9.29. The summed E-state index contributed by atoms with van der Waals surface area (Å²) in [4.78, 5) is 17.4. The second kappa shape index (κ2) is 12.0. The minimum absolute atomic E-state index is 0.238. The van der Waals surface area contributed by atoms with Gasteiger partial charge >= 0.3 is 0 Å². The maximum Gasteiger partial charge on any atom is 0.219 e. The number of nitrogens with zero attached hydrogens (tertiary/aromatic N) is 2. The molecular formula is C26H42N4O. The second-order valence-electron chi connectivity index (χ2n) is 10.1. The third-order valence-electron chi connectivity index (χ3n) is 7.47. The Labute approximate surface area is 188 Å². The van der Waals surface area contributed by atoms with Crippen LogP contribution in [0.4, 0.5) is 0 Å². The number of amides is 1. The van der Waals surface area contributed by atoms with Gasteiger partial charge in [-0.15, -0.1) is 0 Å². The molecule has 2 bridgehead atoms. The Balaban J connectivity index is 1.11. The van der Waals surface area contributed by atoms with Crippen LogP contribution in [0.2, 0.25) is 0 Å². The van der Waals surface area contributed by atoms with Gasteiger partial charge in [-0.2, -0.15) is 0 Å². The largest absolute Gasteiger partial charge is 0.356 e. The fourth-order valence-electron chi connectivity index (χ4n) is 5.87. The van der Waals surface area contributed by atoms with E-state index in [-0.39, 0.29) is 5.91 Å². The van der Waals surface area contributed by atoms with Gasteiger partial charge in [-0.3, -0.25) is 9.69 Å². The van der Waals surface area contributed by atoms with Crippen molar-refractivity contribution in [3.05, 3.63) is 35.9 Å². The summed E-state index contributed by atoms with van der Waals surface area (Å²) in [5.74, 6) is 1.74. The number of likely N-dealkylation sites (tertiary alicyclic amines) is 2. The zero-order valence-electron chi connectivity index (χ0n) is 19.2. The van der Waals surface area contributed by atoms with Crippen LogP contribution in [0.3, 0.4) is 0 Å². The van der Waals surface area contributed by atoms with E-state index >= 15 is 0 Å². The fraction of sp³-hybridized carbons (Fsp3) is 0.731. The Morgan fingerprint density at radius 1 is 1.03 bits per heavy atom. The van der Waals surface area contributed by atoms with Crippen molar-refractivity contribution in [1.82, 2.24) is 20.4 Å². The Hall–Kier alpha value is -1.43. The Kier molecular flexibility index (Phi) is 8.80. The standard InChI is InChI=1S/C26H42N4O/c31-26(27-13-8-16-29-14-5-2-6-15-29)12-7-11-25-24-17-23(18-28-25)20-30(21-24)19-22-9-3-1-4-10-22/h1,3-4,9-10,23-25,28H,2,5-8,11-21H2,(H,27,31)/t23-,24?,25+/m0/s1. The van der Waals surface area contributed by atoms with Crippen LogP contribution in [-0.4, -0.2) is 67.6 Å². The summed E-state index contributed by atoms with van der Waals surface area (Å²) >= 11 is 0. The molecule has 1 aromatic rings. The van der Waals surface area contributed by atoms with E-state index in [2.05, 4.69) is 50.8 Å². The van der Waals surface area contributed by atoms with Crippen molar-refractivity contribution in [2.75, 3.05) is 45.8 Å². The molecule has 2 N–H and O–H groups in total. The highest BCUT2D eigenvalue weighted by atomic mass is 16.1. The van der Waals surface area contributed by atoms with Crippen LogP contribution < -0.4 is 10.6 Å². The summed E-state index contributed by atoms with van der Waals surface area (Å²) < 4.78 is 0. The molecule has 4 rings (SSSR count). The van der Waals surface area contributed by atoms with E-state index in [0.29, 0.717) is 12.5 Å². The molecular weight excluding hydrogens is 384 g/mol. The van der Waals surface area contributed by atoms with Crippen molar-refractivity contribution >= 4 is 5.91 Å². The number of carbonyl (C=O) groups is 1. The third kappa shape index (κ3) is 7.30. The van der Waals surface area contributed by atoms with Crippen molar-refractivity contribution < 1.29 is 4.79 Å². The highest BCUT2D eigenvalue weighted by molar-refractivity contribution is 5.75. The lowest BCUT2D eigenvalue weighted by Crippen LogP contribution is -2.55. The van der Waals surface area contributed by atoms with Gasteiger partial charge in [0.2, 0.25) is 5.91 Å². The van der Waals surface area contributed by atoms with Gasteiger partial charge in [0.15, 0.2) is 0 Å². The third-order valence-corrected chi connectivity index (χ3v) is 7.47. The van der Waals surface area contributed by atoms with Crippen LogP contribution in [0, 0.1) is 11.8 Å². The molecule has 3 saturated heterocycles. The first-order valence-corrected chi connectivity index (χ1v) is 12.7. The molecule has 0 aromatic heterocycles. The van der Waals surface area contributed by atoms with E-state index in [1.807, 2.05) is 0 Å². The van der Waals surface area contributed by atoms with Crippen molar-refractivity contribution in [1.29, 1.82) is 0 Å². The molecule has 0 aliphatic carbocycles. The minimum Gasteiger partial charge on any atom is -0.356 e. The average molecular weight is 427 g/mol. The lowest BCUT2D eigenvalue weighted by molar-refractivity contribution is -0.121. The maximum atomic E-state index is 12.3. The molecule has 3 aliphatic heterocycles. The van der Waals surface area contributed by atoms with Crippen molar-refractivity contribution in [2.24, 2.45) is 11.8 Å². The monoisotopic (exact) mass is 426 g/mol. The molecule has 5 heteroatoms. The summed E-state index contributed by atoms with van der Waals surface area (Å²) in [6, 6.07) is 11.4. The number of piperidine rings is 3. The number of nitrogens with one attached hydrogen (secondary N) is 2. The average Bonchev–Trinajstić information content (AvgIpc) is 2.80. The minimum atomic E-state index is 0.238. The van der Waals surface area contributed by atoms with E-state index in [1.165, 1.54) is 57.4 Å². The van der Waals surface area contributed by atoms with Gasteiger partial charge in [-0.25, -0.2) is 0 Å². The molecule has 1 unspecified atom stereocenters. The highest BCUT2D eigenvalue weighted by Gasteiger charge is 2.36. The van der Waals surface area contributed by atoms with Crippen LogP contribution in [0.15, 0.2) is 30.3 Å². The molecule has 1 amide bonds. The van der Waals surface area contributed by atoms with E-state index in [1.54, 1.807) is 0 Å². The second-order valence-corrected chi connectivity index (χ2v) is 10.1. The van der Waals surface area contributed by atoms with Gasteiger partial charge in [0.1, 0.15) is 0 Å². The molecule has 1 aromatic carbocycles. The molecule has 31 heavy (non-hydrogen) atoms.